The number of aryl methyl sites for hydroxylation is 1. The molecule has 0 amide bonds. The van der Waals surface area contributed by atoms with E-state index in [1.807, 2.05) is 0 Å². The summed E-state index contributed by atoms with van der Waals surface area (Å²) in [4.78, 5) is 30.4. The first kappa shape index (κ1) is 18.6. The summed E-state index contributed by atoms with van der Waals surface area (Å²) >= 11 is 0.881. The molecule has 27 heavy (non-hydrogen) atoms. The van der Waals surface area contributed by atoms with E-state index in [2.05, 4.69) is 14.7 Å². The van der Waals surface area contributed by atoms with Crippen LogP contribution in [-0.2, 0) is 0 Å². The van der Waals surface area contributed by atoms with E-state index >= 15 is 0 Å². The van der Waals surface area contributed by atoms with Gasteiger partial charge in [0.1, 0.15) is 21.3 Å². The Hall–Kier alpha value is -3.14. The van der Waals surface area contributed by atoms with Crippen molar-refractivity contribution in [1.82, 2.24) is 9.97 Å². The van der Waals surface area contributed by atoms with Crippen molar-refractivity contribution in [2.75, 3.05) is 0 Å². The lowest BCUT2D eigenvalue weighted by Crippen LogP contribution is -2.17. The fourth-order valence-electron chi connectivity index (χ4n) is 2.43. The van der Waals surface area contributed by atoms with Crippen molar-refractivity contribution < 1.29 is 27.8 Å². The van der Waals surface area contributed by atoms with Gasteiger partial charge in [-0.25, -0.2) is 9.78 Å². The number of aromatic amines is 1. The van der Waals surface area contributed by atoms with E-state index in [-0.39, 0.29) is 26.7 Å². The zero-order valence-electron chi connectivity index (χ0n) is 13.6. The highest BCUT2D eigenvalue weighted by Gasteiger charge is 2.31. The quantitative estimate of drug-likeness (QED) is 0.694. The normalized spacial score (nSPS) is 12.0. The molecule has 0 aliphatic heterocycles. The van der Waals surface area contributed by atoms with Crippen LogP contribution in [0.15, 0.2) is 29.1 Å². The number of thiophene rings is 1. The first-order chi connectivity index (χ1) is 12.6. The number of H-pyrrole nitrogens is 1. The van der Waals surface area contributed by atoms with Gasteiger partial charge in [-0.05, 0) is 36.3 Å². The average molecular weight is 396 g/mol. The summed E-state index contributed by atoms with van der Waals surface area (Å²) in [5.74, 6) is -1.37. The molecule has 0 aliphatic rings. The minimum absolute atomic E-state index is 0.0288. The lowest BCUT2D eigenvalue weighted by Gasteiger charge is -2.08. The highest BCUT2D eigenvalue weighted by Crippen LogP contribution is 2.27. The van der Waals surface area contributed by atoms with Gasteiger partial charge in [0, 0.05) is 0 Å². The highest BCUT2D eigenvalue weighted by atomic mass is 32.1. The largest absolute Gasteiger partial charge is 0.573 e. The zero-order valence-corrected chi connectivity index (χ0v) is 14.4. The first-order valence-electron chi connectivity index (χ1n) is 7.44. The van der Waals surface area contributed by atoms with Crippen molar-refractivity contribution in [2.45, 2.75) is 13.3 Å². The molecule has 0 unspecified atom stereocenters. The number of hydrogen-bond donors (Lipinski definition) is 2. The maximum atomic E-state index is 12.3. The molecule has 0 atom stereocenters. The minimum Gasteiger partial charge on any atom is -0.477 e. The van der Waals surface area contributed by atoms with E-state index in [0.717, 1.165) is 11.3 Å². The molecule has 0 bridgehead atoms. The van der Waals surface area contributed by atoms with E-state index in [0.29, 0.717) is 11.1 Å². The third kappa shape index (κ3) is 4.17. The fourth-order valence-corrected chi connectivity index (χ4v) is 3.46. The first-order valence-corrected chi connectivity index (χ1v) is 8.26. The van der Waals surface area contributed by atoms with Crippen LogP contribution >= 0.6 is 11.3 Å². The summed E-state index contributed by atoms with van der Waals surface area (Å²) in [6.07, 6.45) is -1.94. The monoisotopic (exact) mass is 396 g/mol. The summed E-state index contributed by atoms with van der Waals surface area (Å²) < 4.78 is 40.7. The maximum absolute atomic E-state index is 12.3. The molecule has 0 spiro atoms. The molecule has 2 heterocycles. The number of aromatic carboxylic acids is 1. The van der Waals surface area contributed by atoms with E-state index < -0.39 is 17.9 Å². The molecule has 6 nitrogen and oxygen atoms in total. The van der Waals surface area contributed by atoms with Gasteiger partial charge in [-0.1, -0.05) is 18.2 Å². The van der Waals surface area contributed by atoms with Gasteiger partial charge in [0.2, 0.25) is 0 Å². The van der Waals surface area contributed by atoms with Crippen molar-refractivity contribution in [1.29, 1.82) is 0 Å². The van der Waals surface area contributed by atoms with Crippen LogP contribution in [0.3, 0.4) is 0 Å². The molecule has 3 rings (SSSR count). The number of nitrogens with zero attached hydrogens (tertiary/aromatic N) is 1. The van der Waals surface area contributed by atoms with Gasteiger partial charge in [0.25, 0.3) is 5.56 Å². The summed E-state index contributed by atoms with van der Waals surface area (Å²) in [5, 5.41) is 9.35. The Morgan fingerprint density at radius 1 is 1.33 bits per heavy atom. The zero-order chi connectivity index (χ0) is 19.8. The number of halogens is 3. The van der Waals surface area contributed by atoms with Crippen molar-refractivity contribution >= 4 is 39.7 Å². The maximum Gasteiger partial charge on any atom is 0.573 e. The number of fused-ring (bicyclic) bond motifs is 1. The van der Waals surface area contributed by atoms with Crippen LogP contribution in [0.4, 0.5) is 13.2 Å². The van der Waals surface area contributed by atoms with Gasteiger partial charge < -0.3 is 14.8 Å². The van der Waals surface area contributed by atoms with Gasteiger partial charge in [-0.3, -0.25) is 4.79 Å². The molecule has 140 valence electrons. The number of carboxylic acids is 1. The fraction of sp³-hybridized carbons (Fsp3) is 0.118. The Morgan fingerprint density at radius 3 is 2.74 bits per heavy atom. The van der Waals surface area contributed by atoms with Crippen molar-refractivity contribution in [3.8, 4) is 5.75 Å². The molecule has 0 radical (unpaired) electrons. The molecule has 3 aromatic rings. The second-order valence-electron chi connectivity index (χ2n) is 5.45. The van der Waals surface area contributed by atoms with Gasteiger partial charge in [-0.15, -0.1) is 24.5 Å². The van der Waals surface area contributed by atoms with E-state index in [1.165, 1.54) is 37.3 Å². The number of benzene rings is 1. The number of carbonyl (C=O) groups is 1. The van der Waals surface area contributed by atoms with Gasteiger partial charge >= 0.3 is 12.3 Å². The Bertz CT molecular complexity index is 1120. The van der Waals surface area contributed by atoms with Crippen molar-refractivity contribution in [3.63, 3.8) is 0 Å². The topological polar surface area (TPSA) is 92.3 Å². The molecular formula is C17H11F3N2O4S. The number of alkyl halides is 3. The van der Waals surface area contributed by atoms with Crippen LogP contribution in [0.2, 0.25) is 0 Å². The molecular weight excluding hydrogens is 385 g/mol. The Morgan fingerprint density at radius 2 is 2.07 bits per heavy atom. The second-order valence-corrected chi connectivity index (χ2v) is 6.45. The highest BCUT2D eigenvalue weighted by molar-refractivity contribution is 7.20. The number of aromatic nitrogens is 2. The van der Waals surface area contributed by atoms with Crippen LogP contribution in [0.5, 0.6) is 5.75 Å². The molecule has 10 heteroatoms. The smallest absolute Gasteiger partial charge is 0.477 e. The summed E-state index contributed by atoms with van der Waals surface area (Å²) in [7, 11) is 0. The van der Waals surface area contributed by atoms with Crippen molar-refractivity contribution in [3.05, 3.63) is 56.4 Å². The minimum atomic E-state index is -4.79. The molecule has 0 aliphatic carbocycles. The third-order valence-electron chi connectivity index (χ3n) is 3.54. The average Bonchev–Trinajstić information content (AvgIpc) is 2.89. The third-order valence-corrected chi connectivity index (χ3v) is 4.71. The van der Waals surface area contributed by atoms with Crippen LogP contribution in [0.1, 0.15) is 26.6 Å². The number of ether oxygens (including phenoxy) is 1. The van der Waals surface area contributed by atoms with E-state index in [1.54, 1.807) is 6.07 Å². The summed E-state index contributed by atoms with van der Waals surface area (Å²) in [5.41, 5.74) is 0.243. The molecule has 0 saturated heterocycles. The Balaban J connectivity index is 1.94. The van der Waals surface area contributed by atoms with E-state index in [4.69, 9.17) is 5.11 Å². The second kappa shape index (κ2) is 6.88. The molecule has 2 N–H and O–H groups in total. The lowest BCUT2D eigenvalue weighted by atomic mass is 10.2. The van der Waals surface area contributed by atoms with Gasteiger partial charge in [-0.2, -0.15) is 0 Å². The SMILES string of the molecule is Cc1c(C(=O)O)sc2nc(/C=C/c3cccc(OC(F)(F)F)c3)[nH]c(=O)c12. The number of rotatable bonds is 4. The van der Waals surface area contributed by atoms with E-state index in [9.17, 15) is 22.8 Å². The molecule has 1 aromatic carbocycles. The lowest BCUT2D eigenvalue weighted by molar-refractivity contribution is -0.274. The number of nitrogens with one attached hydrogen (secondary N) is 1. The summed E-state index contributed by atoms with van der Waals surface area (Å²) in [6.45, 7) is 1.53. The predicted octanol–water partition coefficient (Wildman–Crippen LogP) is 4.06. The molecule has 0 fully saturated rings. The van der Waals surface area contributed by atoms with Crippen molar-refractivity contribution in [2.24, 2.45) is 0 Å². The predicted molar refractivity (Wildman–Crippen MR) is 94.0 cm³/mol. The van der Waals surface area contributed by atoms with Crippen LogP contribution in [-0.4, -0.2) is 27.4 Å². The van der Waals surface area contributed by atoms with Crippen LogP contribution < -0.4 is 10.3 Å². The van der Waals surface area contributed by atoms with Gasteiger partial charge in [0.05, 0.1) is 5.39 Å². The summed E-state index contributed by atoms with van der Waals surface area (Å²) in [6, 6.07) is 5.29. The molecule has 0 saturated carbocycles. The number of carboxylic acid groups (broad SMARTS) is 1. The standard InChI is InChI=1S/C17H11F3N2O4S/c1-8-12-14(23)21-11(22-15(12)27-13(8)16(24)25)6-5-9-3-2-4-10(7-9)26-17(18,19)20/h2-7H,1H3,(H,24,25)(H,21,22,23)/b6-5+. The Labute approximate surface area is 153 Å². The van der Waals surface area contributed by atoms with Crippen LogP contribution in [0, 0.1) is 6.92 Å². The Kier molecular flexibility index (Phi) is 4.75. The van der Waals surface area contributed by atoms with Gasteiger partial charge in [0.15, 0.2) is 0 Å². The molecule has 2 aromatic heterocycles. The number of hydrogen-bond acceptors (Lipinski definition) is 5. The van der Waals surface area contributed by atoms with Crippen LogP contribution in [0.25, 0.3) is 22.4 Å².